The Labute approximate surface area is 282 Å². The Bertz CT molecular complexity index is 2010. The molecule has 0 amide bonds. The third-order valence-electron chi connectivity index (χ3n) is 9.66. The average Bonchev–Trinajstić information content (AvgIpc) is 2.92. The number of rotatable bonds is 3. The molecule has 0 saturated heterocycles. The summed E-state index contributed by atoms with van der Waals surface area (Å²) in [4.78, 5) is 38.1. The van der Waals surface area contributed by atoms with Gasteiger partial charge >= 0.3 is 284 Å². The molecule has 3 N–H and O–H groups in total. The van der Waals surface area contributed by atoms with Crippen molar-refractivity contribution in [2.24, 2.45) is 0 Å². The van der Waals surface area contributed by atoms with Crippen molar-refractivity contribution in [3.05, 3.63) is 107 Å². The molecule has 0 spiro atoms. The average molecular weight is 651 g/mol. The van der Waals surface area contributed by atoms with Gasteiger partial charge in [0.2, 0.25) is 0 Å². The number of hydrogen-bond donors (Lipinski definition) is 3. The molecule has 5 rings (SSSR count). The molecule has 5 aromatic rings. The summed E-state index contributed by atoms with van der Waals surface area (Å²) in [6.45, 7) is 27.8. The molecule has 4 heteroatoms. The van der Waals surface area contributed by atoms with Gasteiger partial charge in [-0.15, -0.1) is 0 Å². The molecule has 0 aromatic heterocycles. The summed E-state index contributed by atoms with van der Waals surface area (Å²) in [7, 11) is -5.75. The van der Waals surface area contributed by atoms with Crippen molar-refractivity contribution in [2.45, 2.75) is 112 Å². The maximum absolute atomic E-state index is 12.7. The summed E-state index contributed by atoms with van der Waals surface area (Å²) in [5.41, 5.74) is 5.69. The van der Waals surface area contributed by atoms with E-state index in [4.69, 9.17) is 0 Å². The standard InChI is InChI=1S/C43H55O3P/c1-27-15-14-16-34(35-23-28-17-19-32(40(2,3)4)21-30(28)24-36(35)42(8,9)10)39(27)47(44,45,46)38-26-29-18-20-33(41(5,6)7)22-31(29)25-37(38)43(11,12)13/h14-26,44-46H,1-13H3. The fourth-order valence-electron chi connectivity index (χ4n) is 6.84. The molecular weight excluding hydrogens is 595 g/mol. The van der Waals surface area contributed by atoms with Crippen molar-refractivity contribution in [1.29, 1.82) is 0 Å². The molecule has 0 bridgehead atoms. The molecule has 0 aliphatic rings. The van der Waals surface area contributed by atoms with Crippen LogP contribution >= 0.6 is 7.28 Å². The van der Waals surface area contributed by atoms with Gasteiger partial charge < -0.3 is 0 Å². The summed E-state index contributed by atoms with van der Waals surface area (Å²) in [6, 6.07) is 26.9. The van der Waals surface area contributed by atoms with Gasteiger partial charge in [-0.2, -0.15) is 0 Å². The molecule has 0 unspecified atom stereocenters. The van der Waals surface area contributed by atoms with Gasteiger partial charge in [-0.25, -0.2) is 0 Å². The molecule has 0 radical (unpaired) electrons. The van der Waals surface area contributed by atoms with Crippen LogP contribution in [0.25, 0.3) is 32.7 Å². The second-order valence-electron chi connectivity index (χ2n) is 17.8. The summed E-state index contributed by atoms with van der Waals surface area (Å²) in [5.74, 6) is 0. The van der Waals surface area contributed by atoms with Gasteiger partial charge in [0.15, 0.2) is 0 Å². The van der Waals surface area contributed by atoms with Gasteiger partial charge in [0.25, 0.3) is 0 Å². The topological polar surface area (TPSA) is 60.7 Å². The first-order chi connectivity index (χ1) is 21.3. The predicted molar refractivity (Wildman–Crippen MR) is 206 cm³/mol. The Morgan fingerprint density at radius 3 is 1.38 bits per heavy atom. The molecule has 0 saturated carbocycles. The Morgan fingerprint density at radius 1 is 0.447 bits per heavy atom. The van der Waals surface area contributed by atoms with E-state index in [2.05, 4.69) is 126 Å². The van der Waals surface area contributed by atoms with Crippen molar-refractivity contribution in [1.82, 2.24) is 0 Å². The van der Waals surface area contributed by atoms with Crippen LogP contribution in [-0.4, -0.2) is 14.7 Å². The van der Waals surface area contributed by atoms with Crippen molar-refractivity contribution in [2.75, 3.05) is 0 Å². The van der Waals surface area contributed by atoms with Crippen LogP contribution < -0.4 is 10.6 Å². The SMILES string of the molecule is Cc1cccc(-c2cc3ccc(C(C)(C)C)cc3cc2C(C)(C)C)c1P(O)(O)(O)c1cc2ccc(C(C)(C)C)cc2cc1C(C)(C)C. The zero-order valence-corrected chi connectivity index (χ0v) is 31.7. The van der Waals surface area contributed by atoms with E-state index in [1.165, 1.54) is 11.1 Å². The van der Waals surface area contributed by atoms with E-state index in [9.17, 15) is 14.7 Å². The first-order valence-electron chi connectivity index (χ1n) is 16.8. The zero-order valence-electron chi connectivity index (χ0n) is 30.8. The van der Waals surface area contributed by atoms with Crippen LogP contribution in [0.3, 0.4) is 0 Å². The second kappa shape index (κ2) is 11.0. The minimum absolute atomic E-state index is 0.0132. The van der Waals surface area contributed by atoms with Crippen LogP contribution in [0.1, 0.15) is 111 Å². The molecule has 5 aromatic carbocycles. The van der Waals surface area contributed by atoms with E-state index >= 15 is 0 Å². The molecule has 0 heterocycles. The number of hydrogen-bond acceptors (Lipinski definition) is 3. The number of aryl methyl sites for hydroxylation is 1. The monoisotopic (exact) mass is 650 g/mol. The third kappa shape index (κ3) is 6.53. The van der Waals surface area contributed by atoms with Crippen molar-refractivity contribution in [3.8, 4) is 11.1 Å². The number of fused-ring (bicyclic) bond motifs is 2. The van der Waals surface area contributed by atoms with Crippen molar-refractivity contribution in [3.63, 3.8) is 0 Å². The zero-order chi connectivity index (χ0) is 35.1. The Hall–Kier alpha value is -3.07. The molecule has 0 fully saturated rings. The molecule has 47 heavy (non-hydrogen) atoms. The predicted octanol–water partition coefficient (Wildman–Crippen LogP) is 10.4. The first kappa shape index (κ1) is 35.2. The van der Waals surface area contributed by atoms with Crippen LogP contribution in [0.4, 0.5) is 0 Å². The Morgan fingerprint density at radius 2 is 0.915 bits per heavy atom. The molecule has 0 aliphatic carbocycles. The fraction of sp³-hybridized carbons (Fsp3) is 0.395. The van der Waals surface area contributed by atoms with Crippen LogP contribution in [-0.2, 0) is 21.7 Å². The van der Waals surface area contributed by atoms with Crippen LogP contribution in [0.2, 0.25) is 0 Å². The van der Waals surface area contributed by atoms with E-state index < -0.39 is 12.7 Å². The molecule has 0 aliphatic heterocycles. The number of benzene rings is 5. The molecular formula is C43H55O3P. The summed E-state index contributed by atoms with van der Waals surface area (Å²) in [5, 5.41) is 4.49. The summed E-state index contributed by atoms with van der Waals surface area (Å²) >= 11 is 0. The maximum atomic E-state index is 12.7. The van der Waals surface area contributed by atoms with Gasteiger partial charge in [0.1, 0.15) is 0 Å². The van der Waals surface area contributed by atoms with Gasteiger partial charge in [-0.05, 0) is 0 Å². The molecule has 250 valence electrons. The van der Waals surface area contributed by atoms with Crippen LogP contribution in [0, 0.1) is 6.92 Å². The first-order valence-corrected chi connectivity index (χ1v) is 18.9. The van der Waals surface area contributed by atoms with E-state index in [1.807, 2.05) is 43.3 Å². The van der Waals surface area contributed by atoms with Crippen LogP contribution in [0.15, 0.2) is 78.9 Å². The third-order valence-corrected chi connectivity index (χ3v) is 12.3. The second-order valence-corrected chi connectivity index (χ2v) is 20.7. The van der Waals surface area contributed by atoms with Gasteiger partial charge in [0, 0.05) is 0 Å². The fourth-order valence-corrected chi connectivity index (χ4v) is 9.67. The molecule has 3 nitrogen and oxygen atoms in total. The van der Waals surface area contributed by atoms with Crippen LogP contribution in [0.5, 0.6) is 0 Å². The summed E-state index contributed by atoms with van der Waals surface area (Å²) < 4.78 is 0. The van der Waals surface area contributed by atoms with E-state index in [0.29, 0.717) is 11.1 Å². The quantitative estimate of drug-likeness (QED) is 0.170. The van der Waals surface area contributed by atoms with E-state index in [-0.39, 0.29) is 26.9 Å². The van der Waals surface area contributed by atoms with Gasteiger partial charge in [-0.1, -0.05) is 0 Å². The van der Waals surface area contributed by atoms with Gasteiger partial charge in [0.05, 0.1) is 0 Å². The minimum atomic E-state index is -5.75. The van der Waals surface area contributed by atoms with E-state index in [0.717, 1.165) is 38.2 Å². The van der Waals surface area contributed by atoms with E-state index in [1.54, 1.807) is 0 Å². The van der Waals surface area contributed by atoms with Crippen molar-refractivity contribution < 1.29 is 14.7 Å². The Balaban J connectivity index is 1.86. The Kier molecular flexibility index (Phi) is 8.23. The molecule has 0 atom stereocenters. The normalized spacial score (nSPS) is 14.4. The van der Waals surface area contributed by atoms with Gasteiger partial charge in [-0.3, -0.25) is 0 Å². The van der Waals surface area contributed by atoms with Crippen molar-refractivity contribution >= 4 is 39.4 Å². The summed E-state index contributed by atoms with van der Waals surface area (Å²) in [6.07, 6.45) is 0.